The van der Waals surface area contributed by atoms with Crippen LogP contribution in [0.2, 0.25) is 0 Å². The molecule has 11 heteroatoms. The third-order valence-electron chi connectivity index (χ3n) is 2.84. The minimum Gasteiger partial charge on any atom is -0.444 e. The summed E-state index contributed by atoms with van der Waals surface area (Å²) in [5, 5.41) is 16.8. The lowest BCUT2D eigenvalue weighted by atomic mass is 10.2. The van der Waals surface area contributed by atoms with Crippen LogP contribution in [-0.2, 0) is 9.53 Å². The lowest BCUT2D eigenvalue weighted by molar-refractivity contribution is -0.110. The van der Waals surface area contributed by atoms with E-state index in [9.17, 15) is 18.4 Å². The number of carbonyl (C=O) groups excluding carboxylic acids is 2. The van der Waals surface area contributed by atoms with Crippen molar-refractivity contribution in [2.24, 2.45) is 5.16 Å². The minimum atomic E-state index is -1.14. The highest BCUT2D eigenvalue weighted by atomic mass is 32.1. The van der Waals surface area contributed by atoms with Crippen LogP contribution in [0.15, 0.2) is 29.6 Å². The second-order valence-electron chi connectivity index (χ2n) is 6.19. The van der Waals surface area contributed by atoms with Gasteiger partial charge in [0.2, 0.25) is 0 Å². The Kier molecular flexibility index (Phi) is 6.05. The molecule has 0 bridgehead atoms. The fourth-order valence-electron chi connectivity index (χ4n) is 1.80. The summed E-state index contributed by atoms with van der Waals surface area (Å²) in [6, 6.07) is 2.77. The fraction of sp³-hybridized carbons (Fsp3) is 0.250. The van der Waals surface area contributed by atoms with Crippen molar-refractivity contribution in [1.82, 2.24) is 4.98 Å². The summed E-state index contributed by atoms with van der Waals surface area (Å²) in [4.78, 5) is 28.0. The van der Waals surface area contributed by atoms with Gasteiger partial charge in [0.1, 0.15) is 5.60 Å². The van der Waals surface area contributed by atoms with Crippen molar-refractivity contribution in [2.75, 3.05) is 10.6 Å². The Morgan fingerprint density at radius 3 is 2.52 bits per heavy atom. The van der Waals surface area contributed by atoms with Crippen molar-refractivity contribution in [3.05, 3.63) is 40.9 Å². The zero-order chi connectivity index (χ0) is 20.2. The number of rotatable bonds is 4. The molecule has 0 unspecified atom stereocenters. The predicted molar refractivity (Wildman–Crippen MR) is 95.3 cm³/mol. The van der Waals surface area contributed by atoms with Crippen molar-refractivity contribution in [3.8, 4) is 0 Å². The highest BCUT2D eigenvalue weighted by Gasteiger charge is 2.21. The first-order valence-electron chi connectivity index (χ1n) is 7.53. The average molecular weight is 398 g/mol. The lowest BCUT2D eigenvalue weighted by Crippen LogP contribution is -2.27. The van der Waals surface area contributed by atoms with Crippen LogP contribution >= 0.6 is 11.3 Å². The summed E-state index contributed by atoms with van der Waals surface area (Å²) in [6.45, 7) is 5.08. The Hall–Kier alpha value is -3.08. The number of amides is 2. The number of nitrogens with one attached hydrogen (secondary N) is 2. The molecule has 0 aliphatic carbocycles. The number of ether oxygens (including phenoxy) is 1. The van der Waals surface area contributed by atoms with Crippen LogP contribution in [0.3, 0.4) is 0 Å². The quantitative estimate of drug-likeness (QED) is 0.414. The molecular weight excluding hydrogens is 382 g/mol. The van der Waals surface area contributed by atoms with Crippen molar-refractivity contribution in [1.29, 1.82) is 0 Å². The molecule has 1 aromatic carbocycles. The molecule has 0 saturated carbocycles. The van der Waals surface area contributed by atoms with Crippen LogP contribution < -0.4 is 10.6 Å². The number of anilines is 2. The van der Waals surface area contributed by atoms with Gasteiger partial charge in [-0.25, -0.2) is 18.6 Å². The number of hydrogen-bond donors (Lipinski definition) is 3. The lowest BCUT2D eigenvalue weighted by Gasteiger charge is -2.18. The van der Waals surface area contributed by atoms with Gasteiger partial charge in [-0.15, -0.1) is 0 Å². The van der Waals surface area contributed by atoms with E-state index in [4.69, 9.17) is 9.94 Å². The summed E-state index contributed by atoms with van der Waals surface area (Å²) in [5.41, 5.74) is -1.15. The number of hydrogen-bond acceptors (Lipinski definition) is 7. The van der Waals surface area contributed by atoms with E-state index in [2.05, 4.69) is 20.8 Å². The summed E-state index contributed by atoms with van der Waals surface area (Å²) >= 11 is 0.856. The van der Waals surface area contributed by atoms with Crippen LogP contribution in [-0.4, -0.2) is 33.5 Å². The van der Waals surface area contributed by atoms with Gasteiger partial charge in [0.05, 0.1) is 11.1 Å². The number of oxime groups is 1. The fourth-order valence-corrected chi connectivity index (χ4v) is 2.59. The van der Waals surface area contributed by atoms with Gasteiger partial charge in [0.15, 0.2) is 22.5 Å². The van der Waals surface area contributed by atoms with E-state index in [0.29, 0.717) is 0 Å². The molecule has 0 fully saturated rings. The van der Waals surface area contributed by atoms with E-state index in [1.54, 1.807) is 20.8 Å². The number of benzene rings is 1. The van der Waals surface area contributed by atoms with E-state index in [-0.39, 0.29) is 15.7 Å². The molecule has 0 aliphatic rings. The van der Waals surface area contributed by atoms with E-state index >= 15 is 0 Å². The molecule has 27 heavy (non-hydrogen) atoms. The van der Waals surface area contributed by atoms with Gasteiger partial charge < -0.3 is 15.3 Å². The normalized spacial score (nSPS) is 11.8. The number of halogens is 2. The van der Waals surface area contributed by atoms with E-state index < -0.39 is 34.9 Å². The molecule has 0 radical (unpaired) electrons. The van der Waals surface area contributed by atoms with Gasteiger partial charge in [-0.1, -0.05) is 16.5 Å². The second-order valence-corrected chi connectivity index (χ2v) is 7.22. The highest BCUT2D eigenvalue weighted by molar-refractivity contribution is 7.18. The number of carbonyl (C=O) groups is 2. The maximum atomic E-state index is 13.2. The molecule has 0 atom stereocenters. The summed E-state index contributed by atoms with van der Waals surface area (Å²) in [5.74, 6) is -3.09. The molecule has 2 amide bonds. The topological polar surface area (TPSA) is 113 Å². The Morgan fingerprint density at radius 1 is 1.22 bits per heavy atom. The van der Waals surface area contributed by atoms with Crippen LogP contribution in [0.25, 0.3) is 0 Å². The molecule has 144 valence electrons. The van der Waals surface area contributed by atoms with Gasteiger partial charge >= 0.3 is 6.09 Å². The molecule has 0 spiro atoms. The smallest absolute Gasteiger partial charge is 0.413 e. The molecule has 1 heterocycles. The third kappa shape index (κ3) is 5.71. The Bertz CT molecular complexity index is 893. The number of thiazole rings is 1. The van der Waals surface area contributed by atoms with Crippen molar-refractivity contribution >= 4 is 39.9 Å². The SMILES string of the molecule is CC(C)(C)OC(=O)Nc1ncc(/C(=N\O)C(=O)Nc2ccc(F)c(F)c2)s1. The van der Waals surface area contributed by atoms with Crippen molar-refractivity contribution in [3.63, 3.8) is 0 Å². The van der Waals surface area contributed by atoms with Gasteiger partial charge in [0, 0.05) is 11.8 Å². The molecule has 0 saturated heterocycles. The standard InChI is InChI=1S/C16H16F2N4O4S/c1-16(2,3)26-15(24)21-14-19-7-11(27-14)12(22-25)13(23)20-8-4-5-9(17)10(18)6-8/h4-7,25H,1-3H3,(H,20,23)(H,19,21,24)/b22-12+. The molecule has 3 N–H and O–H groups in total. The monoisotopic (exact) mass is 398 g/mol. The first-order chi connectivity index (χ1) is 12.6. The summed E-state index contributed by atoms with van der Waals surface area (Å²) < 4.78 is 31.2. The molecular formula is C16H16F2N4O4S. The summed E-state index contributed by atoms with van der Waals surface area (Å²) in [7, 11) is 0. The zero-order valence-corrected chi connectivity index (χ0v) is 15.4. The second kappa shape index (κ2) is 8.08. The van der Waals surface area contributed by atoms with E-state index in [1.165, 1.54) is 6.20 Å². The average Bonchev–Trinajstić information content (AvgIpc) is 2.97. The van der Waals surface area contributed by atoms with Crippen LogP contribution in [0, 0.1) is 11.6 Å². The van der Waals surface area contributed by atoms with E-state index in [0.717, 1.165) is 29.5 Å². The van der Waals surface area contributed by atoms with Crippen LogP contribution in [0.5, 0.6) is 0 Å². The van der Waals surface area contributed by atoms with Gasteiger partial charge in [0.25, 0.3) is 5.91 Å². The van der Waals surface area contributed by atoms with Crippen molar-refractivity contribution < 1.29 is 28.3 Å². The van der Waals surface area contributed by atoms with Gasteiger partial charge in [-0.2, -0.15) is 0 Å². The van der Waals surface area contributed by atoms with Crippen LogP contribution in [0.1, 0.15) is 25.6 Å². The number of aromatic nitrogens is 1. The van der Waals surface area contributed by atoms with Crippen molar-refractivity contribution in [2.45, 2.75) is 26.4 Å². The molecule has 8 nitrogen and oxygen atoms in total. The first kappa shape index (κ1) is 20.2. The largest absolute Gasteiger partial charge is 0.444 e. The molecule has 1 aromatic heterocycles. The number of nitrogens with zero attached hydrogens (tertiary/aromatic N) is 2. The predicted octanol–water partition coefficient (Wildman–Crippen LogP) is 3.59. The minimum absolute atomic E-state index is 0.0309. The molecule has 0 aliphatic heterocycles. The Labute approximate surface area is 156 Å². The first-order valence-corrected chi connectivity index (χ1v) is 8.35. The van der Waals surface area contributed by atoms with Gasteiger partial charge in [-0.05, 0) is 32.9 Å². The molecule has 2 aromatic rings. The zero-order valence-electron chi connectivity index (χ0n) is 14.5. The highest BCUT2D eigenvalue weighted by Crippen LogP contribution is 2.21. The summed E-state index contributed by atoms with van der Waals surface area (Å²) in [6.07, 6.45) is 0.467. The Morgan fingerprint density at radius 2 is 1.93 bits per heavy atom. The van der Waals surface area contributed by atoms with Gasteiger partial charge in [-0.3, -0.25) is 10.1 Å². The maximum absolute atomic E-state index is 13.2. The molecule has 2 rings (SSSR count). The van der Waals surface area contributed by atoms with E-state index in [1.807, 2.05) is 0 Å². The van der Waals surface area contributed by atoms with Crippen LogP contribution in [0.4, 0.5) is 24.4 Å². The maximum Gasteiger partial charge on any atom is 0.413 e. The Balaban J connectivity index is 2.09. The third-order valence-corrected chi connectivity index (χ3v) is 3.76.